The first kappa shape index (κ1) is 19.0. The summed E-state index contributed by atoms with van der Waals surface area (Å²) >= 11 is 0. The second kappa shape index (κ2) is 7.36. The maximum absolute atomic E-state index is 11.9. The Kier molecular flexibility index (Phi) is 4.66. The van der Waals surface area contributed by atoms with Gasteiger partial charge in [-0.2, -0.15) is 5.10 Å². The van der Waals surface area contributed by atoms with Crippen LogP contribution < -0.4 is 10.5 Å². The SMILES string of the molecule is Cc1cc(C)n(-c2cc(N3CC4CN(Cc5cccc(=O)n5C)CC4C3)ncn2)n1. The normalized spacial score (nSPS) is 21.4. The molecule has 0 bridgehead atoms. The molecule has 2 aliphatic heterocycles. The van der Waals surface area contributed by atoms with Crippen LogP contribution in [0.25, 0.3) is 5.82 Å². The number of rotatable bonds is 4. The van der Waals surface area contributed by atoms with E-state index in [1.54, 1.807) is 17.0 Å². The summed E-state index contributed by atoms with van der Waals surface area (Å²) in [7, 11) is 1.85. The first-order valence-electron chi connectivity index (χ1n) is 10.5. The molecule has 0 amide bonds. The van der Waals surface area contributed by atoms with Gasteiger partial charge in [-0.05, 0) is 37.8 Å². The Balaban J connectivity index is 1.27. The largest absolute Gasteiger partial charge is 0.356 e. The molecule has 0 aliphatic carbocycles. The van der Waals surface area contributed by atoms with Gasteiger partial charge in [0.15, 0.2) is 5.82 Å². The number of nitrogens with zero attached hydrogens (tertiary/aromatic N) is 7. The Morgan fingerprint density at radius 1 is 1.00 bits per heavy atom. The highest BCUT2D eigenvalue weighted by atomic mass is 16.1. The number of fused-ring (bicyclic) bond motifs is 1. The second-order valence-corrected chi connectivity index (χ2v) is 8.61. The van der Waals surface area contributed by atoms with Crippen molar-refractivity contribution < 1.29 is 0 Å². The molecule has 2 fully saturated rings. The van der Waals surface area contributed by atoms with Gasteiger partial charge in [-0.1, -0.05) is 6.07 Å². The van der Waals surface area contributed by atoms with Crippen molar-refractivity contribution in [2.24, 2.45) is 18.9 Å². The molecular formula is C22H27N7O. The number of aromatic nitrogens is 5. The van der Waals surface area contributed by atoms with Crippen LogP contribution in [0.3, 0.4) is 0 Å². The molecule has 2 saturated heterocycles. The molecule has 2 atom stereocenters. The van der Waals surface area contributed by atoms with Crippen LogP contribution in [0.5, 0.6) is 0 Å². The average Bonchev–Trinajstić information content (AvgIpc) is 3.38. The van der Waals surface area contributed by atoms with Gasteiger partial charge in [0.25, 0.3) is 0 Å². The monoisotopic (exact) mass is 405 g/mol. The van der Waals surface area contributed by atoms with Crippen LogP contribution in [0, 0.1) is 25.7 Å². The lowest BCUT2D eigenvalue weighted by Gasteiger charge is -2.23. The topological polar surface area (TPSA) is 72.1 Å². The summed E-state index contributed by atoms with van der Waals surface area (Å²) in [5.74, 6) is 3.03. The fourth-order valence-electron chi connectivity index (χ4n) is 4.89. The van der Waals surface area contributed by atoms with Gasteiger partial charge in [0, 0.05) is 63.3 Å². The first-order chi connectivity index (χ1) is 14.5. The lowest BCUT2D eigenvalue weighted by Crippen LogP contribution is -2.31. The van der Waals surface area contributed by atoms with Crippen molar-refractivity contribution in [3.05, 3.63) is 64.1 Å². The Hall–Kier alpha value is -3.00. The van der Waals surface area contributed by atoms with Crippen molar-refractivity contribution in [3.8, 4) is 5.82 Å². The van der Waals surface area contributed by atoms with E-state index < -0.39 is 0 Å². The molecule has 0 aromatic carbocycles. The van der Waals surface area contributed by atoms with Crippen molar-refractivity contribution in [2.45, 2.75) is 20.4 Å². The molecule has 3 aromatic rings. The van der Waals surface area contributed by atoms with Gasteiger partial charge in [-0.3, -0.25) is 9.69 Å². The predicted molar refractivity (Wildman–Crippen MR) is 115 cm³/mol. The Labute approximate surface area is 175 Å². The van der Waals surface area contributed by atoms with Crippen LogP contribution in [0.2, 0.25) is 0 Å². The number of aryl methyl sites for hydroxylation is 2. The molecule has 8 nitrogen and oxygen atoms in total. The molecule has 5 rings (SSSR count). The van der Waals surface area contributed by atoms with Crippen molar-refractivity contribution in [3.63, 3.8) is 0 Å². The average molecular weight is 406 g/mol. The van der Waals surface area contributed by atoms with Crippen LogP contribution in [-0.2, 0) is 13.6 Å². The third-order valence-electron chi connectivity index (χ3n) is 6.43. The van der Waals surface area contributed by atoms with Gasteiger partial charge >= 0.3 is 0 Å². The van der Waals surface area contributed by atoms with E-state index in [4.69, 9.17) is 0 Å². The summed E-state index contributed by atoms with van der Waals surface area (Å²) in [6.45, 7) is 8.98. The van der Waals surface area contributed by atoms with E-state index in [0.717, 1.165) is 61.4 Å². The summed E-state index contributed by atoms with van der Waals surface area (Å²) in [6, 6.07) is 9.61. The minimum absolute atomic E-state index is 0.0558. The molecule has 30 heavy (non-hydrogen) atoms. The zero-order valence-corrected chi connectivity index (χ0v) is 17.7. The van der Waals surface area contributed by atoms with Crippen molar-refractivity contribution in [1.29, 1.82) is 0 Å². The molecule has 156 valence electrons. The van der Waals surface area contributed by atoms with Gasteiger partial charge in [0.2, 0.25) is 5.56 Å². The summed E-state index contributed by atoms with van der Waals surface area (Å²) in [5.41, 5.74) is 3.19. The minimum atomic E-state index is 0.0558. The van der Waals surface area contributed by atoms with E-state index in [2.05, 4.69) is 30.9 Å². The summed E-state index contributed by atoms with van der Waals surface area (Å²) in [5, 5.41) is 4.55. The van der Waals surface area contributed by atoms with E-state index in [1.807, 2.05) is 43.8 Å². The van der Waals surface area contributed by atoms with Crippen molar-refractivity contribution in [1.82, 2.24) is 29.2 Å². The van der Waals surface area contributed by atoms with Gasteiger partial charge in [0.1, 0.15) is 12.1 Å². The molecule has 2 unspecified atom stereocenters. The molecule has 0 radical (unpaired) electrons. The van der Waals surface area contributed by atoms with Crippen molar-refractivity contribution >= 4 is 5.82 Å². The van der Waals surface area contributed by atoms with Gasteiger partial charge in [-0.15, -0.1) is 0 Å². The number of anilines is 1. The summed E-state index contributed by atoms with van der Waals surface area (Å²) < 4.78 is 3.63. The van der Waals surface area contributed by atoms with Crippen LogP contribution >= 0.6 is 0 Å². The van der Waals surface area contributed by atoms with E-state index in [0.29, 0.717) is 11.8 Å². The third kappa shape index (κ3) is 3.41. The molecule has 2 aliphatic rings. The Morgan fingerprint density at radius 2 is 1.73 bits per heavy atom. The molecule has 5 heterocycles. The second-order valence-electron chi connectivity index (χ2n) is 8.61. The van der Waals surface area contributed by atoms with E-state index in [-0.39, 0.29) is 5.56 Å². The van der Waals surface area contributed by atoms with E-state index >= 15 is 0 Å². The molecule has 3 aromatic heterocycles. The van der Waals surface area contributed by atoms with Crippen LogP contribution in [-0.4, -0.2) is 55.4 Å². The van der Waals surface area contributed by atoms with Crippen LogP contribution in [0.1, 0.15) is 17.1 Å². The quantitative estimate of drug-likeness (QED) is 0.656. The highest BCUT2D eigenvalue weighted by Gasteiger charge is 2.40. The Bertz CT molecular complexity index is 1120. The number of likely N-dealkylation sites (tertiary alicyclic amines) is 1. The van der Waals surface area contributed by atoms with Crippen LogP contribution in [0.4, 0.5) is 5.82 Å². The van der Waals surface area contributed by atoms with Gasteiger partial charge in [0.05, 0.1) is 5.69 Å². The molecule has 0 N–H and O–H groups in total. The minimum Gasteiger partial charge on any atom is -0.356 e. The molecular weight excluding hydrogens is 378 g/mol. The maximum Gasteiger partial charge on any atom is 0.250 e. The zero-order valence-electron chi connectivity index (χ0n) is 17.7. The number of hydrogen-bond donors (Lipinski definition) is 0. The third-order valence-corrected chi connectivity index (χ3v) is 6.43. The molecule has 0 saturated carbocycles. The molecule has 8 heteroatoms. The standard InChI is InChI=1S/C22H27N7O/c1-15-7-16(2)29(25-15)21-8-20(23-14-24-21)28-11-17-9-27(10-18(17)12-28)13-19-5-4-6-22(30)26(19)3/h4-8,14,17-18H,9-13H2,1-3H3. The van der Waals surface area contributed by atoms with E-state index in [1.165, 1.54) is 0 Å². The fraction of sp³-hybridized carbons (Fsp3) is 0.455. The highest BCUT2D eigenvalue weighted by Crippen LogP contribution is 2.34. The summed E-state index contributed by atoms with van der Waals surface area (Å²) in [4.78, 5) is 25.7. The Morgan fingerprint density at radius 3 is 2.43 bits per heavy atom. The van der Waals surface area contributed by atoms with E-state index in [9.17, 15) is 4.79 Å². The fourth-order valence-corrected chi connectivity index (χ4v) is 4.89. The smallest absolute Gasteiger partial charge is 0.250 e. The lowest BCUT2D eigenvalue weighted by molar-refractivity contribution is 0.300. The highest BCUT2D eigenvalue weighted by molar-refractivity contribution is 5.45. The number of hydrogen-bond acceptors (Lipinski definition) is 6. The molecule has 0 spiro atoms. The van der Waals surface area contributed by atoms with Crippen molar-refractivity contribution in [2.75, 3.05) is 31.1 Å². The van der Waals surface area contributed by atoms with Gasteiger partial charge in [-0.25, -0.2) is 14.6 Å². The maximum atomic E-state index is 11.9. The lowest BCUT2D eigenvalue weighted by atomic mass is 10.0. The van der Waals surface area contributed by atoms with Gasteiger partial charge < -0.3 is 9.47 Å². The van der Waals surface area contributed by atoms with Crippen LogP contribution in [0.15, 0.2) is 41.5 Å². The summed E-state index contributed by atoms with van der Waals surface area (Å²) in [6.07, 6.45) is 1.64. The predicted octanol–water partition coefficient (Wildman–Crippen LogP) is 1.55. The zero-order chi connectivity index (χ0) is 20.8. The number of pyridine rings is 1. The first-order valence-corrected chi connectivity index (χ1v) is 10.5.